The van der Waals surface area contributed by atoms with Gasteiger partial charge in [-0.2, -0.15) is 0 Å². The first-order valence-electron chi connectivity index (χ1n) is 11.6. The Kier molecular flexibility index (Phi) is 6.86. The molecule has 8 heteroatoms. The minimum Gasteiger partial charge on any atom is -0.352 e. The fourth-order valence-electron chi connectivity index (χ4n) is 4.76. The molecule has 2 aliphatic heterocycles. The quantitative estimate of drug-likeness (QED) is 0.656. The Bertz CT molecular complexity index is 1160. The lowest BCUT2D eigenvalue weighted by Gasteiger charge is -2.30. The molecule has 0 spiro atoms. The highest BCUT2D eigenvalue weighted by molar-refractivity contribution is 7.91. The number of hydrogen-bond acceptors (Lipinski definition) is 5. The zero-order chi connectivity index (χ0) is 23.6. The van der Waals surface area contributed by atoms with Gasteiger partial charge in [-0.05, 0) is 75.5 Å². The van der Waals surface area contributed by atoms with Crippen LogP contribution in [0.5, 0.6) is 0 Å². The summed E-state index contributed by atoms with van der Waals surface area (Å²) < 4.78 is 26.6. The first-order valence-corrected chi connectivity index (χ1v) is 13.1. The van der Waals surface area contributed by atoms with Crippen molar-refractivity contribution >= 4 is 27.3 Å². The van der Waals surface area contributed by atoms with Crippen LogP contribution in [0.15, 0.2) is 52.3 Å². The van der Waals surface area contributed by atoms with E-state index in [4.69, 9.17) is 0 Å². The molecule has 176 valence electrons. The molecule has 0 bridgehead atoms. The van der Waals surface area contributed by atoms with Crippen molar-refractivity contribution in [1.82, 2.24) is 10.2 Å². The van der Waals surface area contributed by atoms with Gasteiger partial charge >= 0.3 is 0 Å². The molecule has 1 fully saturated rings. The molecule has 2 amide bonds. The van der Waals surface area contributed by atoms with E-state index in [0.29, 0.717) is 12.1 Å². The van der Waals surface area contributed by atoms with Crippen LogP contribution >= 0.6 is 0 Å². The van der Waals surface area contributed by atoms with E-state index in [1.165, 1.54) is 48.1 Å². The third-order valence-corrected chi connectivity index (χ3v) is 8.31. The van der Waals surface area contributed by atoms with Crippen molar-refractivity contribution in [2.75, 3.05) is 37.6 Å². The minimum absolute atomic E-state index is 0.00330. The number of anilines is 1. The van der Waals surface area contributed by atoms with Gasteiger partial charge in [0.25, 0.3) is 11.8 Å². The number of sulfone groups is 1. The largest absolute Gasteiger partial charge is 0.352 e. The van der Waals surface area contributed by atoms with Gasteiger partial charge in [0.05, 0.1) is 21.0 Å². The number of benzene rings is 2. The molecule has 1 atom stereocenters. The zero-order valence-corrected chi connectivity index (χ0v) is 20.0. The standard InChI is InChI=1S/C25H31N3O4S/c1-3-28-21-16-19(24(29)26-13-7-15-27-14-6-8-18(2)17-27)11-12-23(21)33(31,32)22-10-5-4-9-20(22)25(28)30/h4-5,9-12,16,18H,3,6-8,13-15,17H2,1-2H3,(H,26,29)/t18-/m1/s1. The highest BCUT2D eigenvalue weighted by atomic mass is 32.2. The topological polar surface area (TPSA) is 86.8 Å². The van der Waals surface area contributed by atoms with E-state index in [0.717, 1.165) is 32.0 Å². The first-order chi connectivity index (χ1) is 15.8. The fraction of sp³-hybridized carbons (Fsp3) is 0.440. The summed E-state index contributed by atoms with van der Waals surface area (Å²) in [5.41, 5.74) is 0.731. The van der Waals surface area contributed by atoms with E-state index in [-0.39, 0.29) is 39.4 Å². The molecule has 2 aliphatic rings. The lowest BCUT2D eigenvalue weighted by atomic mass is 10.0. The molecule has 0 unspecified atom stereocenters. The molecule has 0 aliphatic carbocycles. The van der Waals surface area contributed by atoms with E-state index in [2.05, 4.69) is 17.1 Å². The Hall–Kier alpha value is -2.71. The predicted octanol–water partition coefficient (Wildman–Crippen LogP) is 3.35. The molecule has 1 saturated heterocycles. The Morgan fingerprint density at radius 3 is 2.70 bits per heavy atom. The van der Waals surface area contributed by atoms with Crippen molar-refractivity contribution in [3.8, 4) is 0 Å². The number of piperidine rings is 1. The zero-order valence-electron chi connectivity index (χ0n) is 19.2. The van der Waals surface area contributed by atoms with Gasteiger partial charge in [0.15, 0.2) is 0 Å². The van der Waals surface area contributed by atoms with E-state index < -0.39 is 9.84 Å². The van der Waals surface area contributed by atoms with Crippen LogP contribution in [-0.4, -0.2) is 57.9 Å². The van der Waals surface area contributed by atoms with Crippen LogP contribution < -0.4 is 10.2 Å². The summed E-state index contributed by atoms with van der Waals surface area (Å²) in [5.74, 6) is 0.0655. The lowest BCUT2D eigenvalue weighted by Crippen LogP contribution is -2.36. The van der Waals surface area contributed by atoms with Crippen LogP contribution in [-0.2, 0) is 9.84 Å². The van der Waals surface area contributed by atoms with Gasteiger partial charge in [-0.15, -0.1) is 0 Å². The number of rotatable bonds is 6. The minimum atomic E-state index is -3.89. The Morgan fingerprint density at radius 1 is 1.15 bits per heavy atom. The van der Waals surface area contributed by atoms with Gasteiger partial charge in [-0.25, -0.2) is 8.42 Å². The molecule has 2 aromatic rings. The van der Waals surface area contributed by atoms with Crippen molar-refractivity contribution in [3.05, 3.63) is 53.6 Å². The monoisotopic (exact) mass is 469 g/mol. The van der Waals surface area contributed by atoms with Crippen molar-refractivity contribution in [2.24, 2.45) is 5.92 Å². The average molecular weight is 470 g/mol. The molecular formula is C25H31N3O4S. The van der Waals surface area contributed by atoms with Gasteiger partial charge in [-0.1, -0.05) is 19.1 Å². The Labute approximate surface area is 195 Å². The number of hydrogen-bond donors (Lipinski definition) is 1. The van der Waals surface area contributed by atoms with Gasteiger partial charge in [-0.3, -0.25) is 9.59 Å². The third kappa shape index (κ3) is 4.68. The summed E-state index contributed by atoms with van der Waals surface area (Å²) in [4.78, 5) is 29.8. The van der Waals surface area contributed by atoms with Crippen molar-refractivity contribution in [3.63, 3.8) is 0 Å². The molecule has 0 aromatic heterocycles. The van der Waals surface area contributed by atoms with E-state index in [1.54, 1.807) is 19.1 Å². The normalized spacial score (nSPS) is 20.0. The second-order valence-electron chi connectivity index (χ2n) is 8.89. The summed E-state index contributed by atoms with van der Waals surface area (Å²) in [5, 5.41) is 2.94. The second kappa shape index (κ2) is 9.65. The number of nitrogens with zero attached hydrogens (tertiary/aromatic N) is 2. The Balaban J connectivity index is 1.52. The van der Waals surface area contributed by atoms with Crippen LogP contribution in [0.25, 0.3) is 0 Å². The highest BCUT2D eigenvalue weighted by Crippen LogP contribution is 2.37. The fourth-order valence-corrected chi connectivity index (χ4v) is 6.39. The van der Waals surface area contributed by atoms with Crippen LogP contribution in [0.4, 0.5) is 5.69 Å². The summed E-state index contributed by atoms with van der Waals surface area (Å²) >= 11 is 0. The van der Waals surface area contributed by atoms with Gasteiger partial charge < -0.3 is 15.1 Å². The summed E-state index contributed by atoms with van der Waals surface area (Å²) in [6, 6.07) is 10.7. The van der Waals surface area contributed by atoms with Crippen LogP contribution in [0.1, 0.15) is 53.8 Å². The maximum absolute atomic E-state index is 13.3. The number of likely N-dealkylation sites (tertiary alicyclic amines) is 1. The summed E-state index contributed by atoms with van der Waals surface area (Å²) in [7, 11) is -3.89. The number of carbonyl (C=O) groups excluding carboxylic acids is 2. The summed E-state index contributed by atoms with van der Waals surface area (Å²) in [6.07, 6.45) is 3.36. The SMILES string of the molecule is CCN1C(=O)c2ccccc2S(=O)(=O)c2ccc(C(=O)NCCCN3CCC[C@@H](C)C3)cc21. The number of fused-ring (bicyclic) bond motifs is 2. The second-order valence-corrected chi connectivity index (χ2v) is 10.8. The predicted molar refractivity (Wildman–Crippen MR) is 127 cm³/mol. The van der Waals surface area contributed by atoms with Crippen LogP contribution in [0.3, 0.4) is 0 Å². The van der Waals surface area contributed by atoms with E-state index >= 15 is 0 Å². The van der Waals surface area contributed by atoms with Gasteiger partial charge in [0.1, 0.15) is 0 Å². The summed E-state index contributed by atoms with van der Waals surface area (Å²) in [6.45, 7) is 8.06. The molecule has 1 N–H and O–H groups in total. The number of carbonyl (C=O) groups is 2. The molecule has 4 rings (SSSR count). The highest BCUT2D eigenvalue weighted by Gasteiger charge is 2.35. The van der Waals surface area contributed by atoms with Crippen LogP contribution in [0, 0.1) is 5.92 Å². The van der Waals surface area contributed by atoms with E-state index in [1.807, 2.05) is 0 Å². The molecule has 7 nitrogen and oxygen atoms in total. The lowest BCUT2D eigenvalue weighted by molar-refractivity contribution is 0.0947. The molecule has 0 saturated carbocycles. The van der Waals surface area contributed by atoms with Crippen molar-refractivity contribution < 1.29 is 18.0 Å². The Morgan fingerprint density at radius 2 is 1.94 bits per heavy atom. The maximum Gasteiger partial charge on any atom is 0.259 e. The number of nitrogens with one attached hydrogen (secondary N) is 1. The van der Waals surface area contributed by atoms with Crippen molar-refractivity contribution in [1.29, 1.82) is 0 Å². The van der Waals surface area contributed by atoms with E-state index in [9.17, 15) is 18.0 Å². The molecular weight excluding hydrogens is 438 g/mol. The van der Waals surface area contributed by atoms with Gasteiger partial charge in [0, 0.05) is 25.2 Å². The first kappa shape index (κ1) is 23.4. The number of amides is 2. The molecule has 0 radical (unpaired) electrons. The third-order valence-electron chi connectivity index (χ3n) is 6.45. The van der Waals surface area contributed by atoms with Gasteiger partial charge in [0.2, 0.25) is 9.84 Å². The van der Waals surface area contributed by atoms with Crippen LogP contribution in [0.2, 0.25) is 0 Å². The molecule has 2 heterocycles. The average Bonchev–Trinajstić information content (AvgIpc) is 2.88. The smallest absolute Gasteiger partial charge is 0.259 e. The maximum atomic E-state index is 13.3. The van der Waals surface area contributed by atoms with Crippen molar-refractivity contribution in [2.45, 2.75) is 42.9 Å². The molecule has 33 heavy (non-hydrogen) atoms. The molecule has 2 aromatic carbocycles.